The minimum atomic E-state index is -0.410. The van der Waals surface area contributed by atoms with Crippen LogP contribution in [0.1, 0.15) is 69.7 Å². The number of terminal acetylenes is 1. The molecule has 0 saturated carbocycles. The Kier molecular flexibility index (Phi) is 5.90. The highest BCUT2D eigenvalue weighted by Crippen LogP contribution is 2.41. The zero-order valence-electron chi connectivity index (χ0n) is 16.4. The fraction of sp³-hybridized carbons (Fsp3) is 0.700. The molecule has 0 radical (unpaired) electrons. The molecule has 0 spiro atoms. The van der Waals surface area contributed by atoms with E-state index in [2.05, 4.69) is 35.1 Å². The summed E-state index contributed by atoms with van der Waals surface area (Å²) in [6, 6.07) is 0.0145. The SMILES string of the molecule is C#CCCC1(CCC(=O)N2CCCC2c2c(C)nn(CC(C)C)c2Cl)N=N1. The predicted octanol–water partition coefficient (Wildman–Crippen LogP) is 4.52. The van der Waals surface area contributed by atoms with Crippen molar-refractivity contribution in [1.29, 1.82) is 0 Å². The van der Waals surface area contributed by atoms with Crippen molar-refractivity contribution in [2.75, 3.05) is 6.54 Å². The first-order valence-corrected chi connectivity index (χ1v) is 10.1. The summed E-state index contributed by atoms with van der Waals surface area (Å²) in [4.78, 5) is 14.9. The molecular formula is C20H28ClN5O. The summed E-state index contributed by atoms with van der Waals surface area (Å²) in [5.74, 6) is 3.22. The van der Waals surface area contributed by atoms with E-state index in [-0.39, 0.29) is 11.9 Å². The number of carbonyl (C=O) groups is 1. The molecule has 1 amide bonds. The van der Waals surface area contributed by atoms with Gasteiger partial charge in [0.05, 0.1) is 11.7 Å². The van der Waals surface area contributed by atoms with E-state index in [1.54, 1.807) is 0 Å². The molecule has 0 aromatic carbocycles. The van der Waals surface area contributed by atoms with Gasteiger partial charge in [0.2, 0.25) is 5.91 Å². The van der Waals surface area contributed by atoms with Gasteiger partial charge in [-0.3, -0.25) is 9.48 Å². The van der Waals surface area contributed by atoms with E-state index in [1.165, 1.54) is 0 Å². The molecule has 0 aliphatic carbocycles. The van der Waals surface area contributed by atoms with Gasteiger partial charge in [-0.1, -0.05) is 25.4 Å². The van der Waals surface area contributed by atoms with Gasteiger partial charge in [0.25, 0.3) is 0 Å². The number of amides is 1. The van der Waals surface area contributed by atoms with E-state index in [0.29, 0.717) is 30.3 Å². The molecule has 1 unspecified atom stereocenters. The average molecular weight is 390 g/mol. The van der Waals surface area contributed by atoms with Crippen LogP contribution in [0.4, 0.5) is 0 Å². The third-order valence-electron chi connectivity index (χ3n) is 5.35. The molecular weight excluding hydrogens is 362 g/mol. The van der Waals surface area contributed by atoms with E-state index in [4.69, 9.17) is 18.0 Å². The van der Waals surface area contributed by atoms with Crippen LogP contribution in [0.2, 0.25) is 5.15 Å². The fourth-order valence-electron chi connectivity index (χ4n) is 3.90. The number of rotatable bonds is 8. The Balaban J connectivity index is 1.68. The maximum atomic E-state index is 12.9. The molecule has 2 aliphatic heterocycles. The summed E-state index contributed by atoms with van der Waals surface area (Å²) in [7, 11) is 0. The van der Waals surface area contributed by atoms with Crippen molar-refractivity contribution in [2.45, 2.75) is 77.5 Å². The zero-order chi connectivity index (χ0) is 19.6. The maximum absolute atomic E-state index is 12.9. The van der Waals surface area contributed by atoms with Crippen LogP contribution in [-0.2, 0) is 11.3 Å². The van der Waals surface area contributed by atoms with Crippen molar-refractivity contribution in [3.05, 3.63) is 16.4 Å². The molecule has 1 aromatic rings. The van der Waals surface area contributed by atoms with Crippen LogP contribution in [0.5, 0.6) is 0 Å². The Bertz CT molecular complexity index is 770. The van der Waals surface area contributed by atoms with Crippen molar-refractivity contribution >= 4 is 17.5 Å². The highest BCUT2D eigenvalue weighted by atomic mass is 35.5. The molecule has 6 nitrogen and oxygen atoms in total. The average Bonchev–Trinajstić information content (AvgIpc) is 3.13. The van der Waals surface area contributed by atoms with E-state index >= 15 is 0 Å². The van der Waals surface area contributed by atoms with Crippen molar-refractivity contribution in [3.8, 4) is 12.3 Å². The second-order valence-electron chi connectivity index (χ2n) is 8.00. The number of carbonyl (C=O) groups excluding carboxylic acids is 1. The number of hydrogen-bond acceptors (Lipinski definition) is 4. The summed E-state index contributed by atoms with van der Waals surface area (Å²) >= 11 is 6.65. The van der Waals surface area contributed by atoms with Crippen molar-refractivity contribution < 1.29 is 4.79 Å². The van der Waals surface area contributed by atoms with Gasteiger partial charge in [0.1, 0.15) is 5.15 Å². The number of aryl methyl sites for hydroxylation is 1. The largest absolute Gasteiger partial charge is 0.335 e. The van der Waals surface area contributed by atoms with E-state index in [1.807, 2.05) is 16.5 Å². The minimum absolute atomic E-state index is 0.0145. The van der Waals surface area contributed by atoms with Crippen LogP contribution in [0.15, 0.2) is 10.2 Å². The third kappa shape index (κ3) is 4.35. The maximum Gasteiger partial charge on any atom is 0.223 e. The van der Waals surface area contributed by atoms with Gasteiger partial charge >= 0.3 is 0 Å². The minimum Gasteiger partial charge on any atom is -0.335 e. The molecule has 146 valence electrons. The molecule has 0 N–H and O–H groups in total. The van der Waals surface area contributed by atoms with Crippen molar-refractivity contribution in [1.82, 2.24) is 14.7 Å². The lowest BCUT2D eigenvalue weighted by atomic mass is 10.0. The normalized spacial score (nSPS) is 20.3. The first-order valence-electron chi connectivity index (χ1n) is 9.76. The molecule has 3 heterocycles. The Morgan fingerprint density at radius 1 is 1.41 bits per heavy atom. The smallest absolute Gasteiger partial charge is 0.223 e. The highest BCUT2D eigenvalue weighted by Gasteiger charge is 2.41. The van der Waals surface area contributed by atoms with Gasteiger partial charge in [-0.05, 0) is 25.7 Å². The van der Waals surface area contributed by atoms with Crippen LogP contribution < -0.4 is 0 Å². The lowest BCUT2D eigenvalue weighted by Crippen LogP contribution is -2.31. The third-order valence-corrected chi connectivity index (χ3v) is 5.74. The number of halogens is 1. The fourth-order valence-corrected chi connectivity index (χ4v) is 4.27. The second kappa shape index (κ2) is 8.02. The second-order valence-corrected chi connectivity index (χ2v) is 8.36. The van der Waals surface area contributed by atoms with Gasteiger partial charge < -0.3 is 4.90 Å². The first-order chi connectivity index (χ1) is 12.9. The van der Waals surface area contributed by atoms with Gasteiger partial charge in [0.15, 0.2) is 5.66 Å². The van der Waals surface area contributed by atoms with Crippen LogP contribution in [0.25, 0.3) is 0 Å². The molecule has 3 rings (SSSR count). The first kappa shape index (κ1) is 19.9. The van der Waals surface area contributed by atoms with Crippen LogP contribution in [0.3, 0.4) is 0 Å². The molecule has 27 heavy (non-hydrogen) atoms. The van der Waals surface area contributed by atoms with Gasteiger partial charge in [-0.2, -0.15) is 15.3 Å². The number of nitrogens with zero attached hydrogens (tertiary/aromatic N) is 5. The summed E-state index contributed by atoms with van der Waals surface area (Å²) in [6.45, 7) is 7.81. The Morgan fingerprint density at radius 3 is 2.78 bits per heavy atom. The van der Waals surface area contributed by atoms with Gasteiger partial charge in [0, 0.05) is 44.3 Å². The molecule has 1 fully saturated rings. The summed E-state index contributed by atoms with van der Waals surface area (Å²) in [5, 5.41) is 13.5. The van der Waals surface area contributed by atoms with E-state index in [0.717, 1.165) is 43.6 Å². The highest BCUT2D eigenvalue weighted by molar-refractivity contribution is 6.30. The summed E-state index contributed by atoms with van der Waals surface area (Å²) in [5.41, 5.74) is 1.52. The monoisotopic (exact) mass is 389 g/mol. The standard InChI is InChI=1S/C20H28ClN5O/c1-5-6-10-20(23-24-20)11-9-17(27)25-12-7-8-16(25)18-15(4)22-26(19(18)21)13-14(2)3/h1,14,16H,6-13H2,2-4H3. The number of likely N-dealkylation sites (tertiary alicyclic amines) is 1. The Hall–Kier alpha value is -1.87. The van der Waals surface area contributed by atoms with Crippen molar-refractivity contribution in [3.63, 3.8) is 0 Å². The van der Waals surface area contributed by atoms with Crippen LogP contribution in [0, 0.1) is 25.2 Å². The summed E-state index contributed by atoms with van der Waals surface area (Å²) < 4.78 is 1.87. The molecule has 0 bridgehead atoms. The number of aromatic nitrogens is 2. The van der Waals surface area contributed by atoms with Gasteiger partial charge in [-0.15, -0.1) is 12.3 Å². The number of hydrogen-bond donors (Lipinski definition) is 0. The predicted molar refractivity (Wildman–Crippen MR) is 105 cm³/mol. The Labute approximate surface area is 166 Å². The van der Waals surface area contributed by atoms with Crippen LogP contribution in [-0.4, -0.2) is 32.8 Å². The molecule has 1 atom stereocenters. The lowest BCUT2D eigenvalue weighted by Gasteiger charge is -2.25. The topological polar surface area (TPSA) is 62.9 Å². The van der Waals surface area contributed by atoms with E-state index < -0.39 is 5.66 Å². The molecule has 1 aromatic heterocycles. The van der Waals surface area contributed by atoms with E-state index in [9.17, 15) is 4.79 Å². The van der Waals surface area contributed by atoms with Crippen molar-refractivity contribution in [2.24, 2.45) is 16.1 Å². The molecule has 7 heteroatoms. The lowest BCUT2D eigenvalue weighted by molar-refractivity contribution is -0.132. The quantitative estimate of drug-likeness (QED) is 0.613. The molecule has 1 saturated heterocycles. The molecule has 2 aliphatic rings. The van der Waals surface area contributed by atoms with Crippen LogP contribution >= 0.6 is 11.6 Å². The Morgan fingerprint density at radius 2 is 2.15 bits per heavy atom. The van der Waals surface area contributed by atoms with Gasteiger partial charge in [-0.25, -0.2) is 0 Å². The zero-order valence-corrected chi connectivity index (χ0v) is 17.2. The summed E-state index contributed by atoms with van der Waals surface area (Å²) in [6.07, 6.45) is 9.68.